The minimum Gasteiger partial charge on any atom is -0.489 e. The zero-order valence-electron chi connectivity index (χ0n) is 22.0. The van der Waals surface area contributed by atoms with Crippen LogP contribution in [0.2, 0.25) is 0 Å². The molecule has 1 aliphatic heterocycles. The average Bonchev–Trinajstić information content (AvgIpc) is 3.25. The molecular formula is C29H32FN5O2S. The van der Waals surface area contributed by atoms with Crippen molar-refractivity contribution in [3.8, 4) is 16.9 Å². The van der Waals surface area contributed by atoms with Crippen LogP contribution in [0.25, 0.3) is 21.3 Å². The highest BCUT2D eigenvalue weighted by Gasteiger charge is 2.24. The number of aromatic nitrogens is 2. The van der Waals surface area contributed by atoms with E-state index in [0.717, 1.165) is 48.7 Å². The van der Waals surface area contributed by atoms with Crippen molar-refractivity contribution in [2.24, 2.45) is 5.73 Å². The normalized spacial score (nSPS) is 14.8. The summed E-state index contributed by atoms with van der Waals surface area (Å²) in [5, 5.41) is 3.32. The van der Waals surface area contributed by atoms with Crippen LogP contribution in [0.4, 0.5) is 16.0 Å². The second-order valence-corrected chi connectivity index (χ2v) is 11.2. The summed E-state index contributed by atoms with van der Waals surface area (Å²) in [5.41, 5.74) is 10.0. The van der Waals surface area contributed by atoms with Crippen LogP contribution in [0.1, 0.15) is 53.4 Å². The number of aryl methyl sites for hydroxylation is 1. The fourth-order valence-electron chi connectivity index (χ4n) is 5.07. The van der Waals surface area contributed by atoms with Gasteiger partial charge < -0.3 is 20.7 Å². The van der Waals surface area contributed by atoms with Crippen molar-refractivity contribution >= 4 is 39.1 Å². The molecule has 0 saturated carbocycles. The van der Waals surface area contributed by atoms with Crippen molar-refractivity contribution in [1.29, 1.82) is 0 Å². The number of anilines is 2. The molecule has 0 bridgehead atoms. The number of fused-ring (bicyclic) bond motifs is 1. The van der Waals surface area contributed by atoms with Gasteiger partial charge in [-0.3, -0.25) is 4.79 Å². The van der Waals surface area contributed by atoms with Gasteiger partial charge in [0.05, 0.1) is 28.2 Å². The number of rotatable bonds is 7. The Morgan fingerprint density at radius 1 is 1.24 bits per heavy atom. The number of amides is 1. The summed E-state index contributed by atoms with van der Waals surface area (Å²) >= 11 is 1.16. The number of primary amides is 1. The predicted octanol–water partition coefficient (Wildman–Crippen LogP) is 6.24. The number of hydrogen-bond acceptors (Lipinski definition) is 7. The highest BCUT2D eigenvalue weighted by Crippen LogP contribution is 2.40. The second-order valence-electron chi connectivity index (χ2n) is 10.1. The molecule has 4 aromatic rings. The van der Waals surface area contributed by atoms with Crippen molar-refractivity contribution in [3.63, 3.8) is 0 Å². The van der Waals surface area contributed by atoms with E-state index in [4.69, 9.17) is 15.5 Å². The molecule has 1 amide bonds. The third-order valence-electron chi connectivity index (χ3n) is 6.93. The number of nitrogens with two attached hydrogens (primary N) is 1. The first-order valence-electron chi connectivity index (χ1n) is 12.8. The fraction of sp³-hybridized carbons (Fsp3) is 0.345. The van der Waals surface area contributed by atoms with E-state index in [1.807, 2.05) is 13.8 Å². The maximum absolute atomic E-state index is 14.8. The van der Waals surface area contributed by atoms with E-state index in [1.165, 1.54) is 17.2 Å². The summed E-state index contributed by atoms with van der Waals surface area (Å²) in [4.78, 5) is 24.1. The van der Waals surface area contributed by atoms with Crippen LogP contribution in [0, 0.1) is 12.7 Å². The number of carbonyl (C=O) groups excluding carboxylic acids is 1. The van der Waals surface area contributed by atoms with Crippen LogP contribution >= 0.6 is 11.3 Å². The number of nitrogens with one attached hydrogen (secondary N) is 1. The molecule has 0 atom stereocenters. The third-order valence-corrected chi connectivity index (χ3v) is 8.06. The van der Waals surface area contributed by atoms with Crippen molar-refractivity contribution in [2.75, 3.05) is 25.5 Å². The summed E-state index contributed by atoms with van der Waals surface area (Å²) < 4.78 is 21.6. The van der Waals surface area contributed by atoms with E-state index in [1.54, 1.807) is 24.4 Å². The molecule has 2 aromatic heterocycles. The molecule has 1 fully saturated rings. The molecule has 3 heterocycles. The predicted molar refractivity (Wildman–Crippen MR) is 151 cm³/mol. The lowest BCUT2D eigenvalue weighted by molar-refractivity contribution is 0.100. The Hall–Kier alpha value is -3.56. The summed E-state index contributed by atoms with van der Waals surface area (Å²) in [7, 11) is 2.16. The van der Waals surface area contributed by atoms with Crippen LogP contribution in [-0.2, 0) is 0 Å². The van der Waals surface area contributed by atoms with Crippen LogP contribution in [0.3, 0.4) is 0 Å². The Morgan fingerprint density at radius 2 is 1.97 bits per heavy atom. The van der Waals surface area contributed by atoms with Crippen LogP contribution in [0.5, 0.6) is 5.75 Å². The molecule has 198 valence electrons. The van der Waals surface area contributed by atoms with E-state index >= 15 is 0 Å². The number of likely N-dealkylation sites (tertiary alicyclic amines) is 1. The van der Waals surface area contributed by atoms with Gasteiger partial charge in [-0.2, -0.15) is 0 Å². The van der Waals surface area contributed by atoms with Gasteiger partial charge in [0.25, 0.3) is 5.91 Å². The molecule has 7 nitrogen and oxygen atoms in total. The Labute approximate surface area is 225 Å². The van der Waals surface area contributed by atoms with Crippen LogP contribution < -0.4 is 15.8 Å². The van der Waals surface area contributed by atoms with Gasteiger partial charge in [0.1, 0.15) is 16.4 Å². The van der Waals surface area contributed by atoms with Gasteiger partial charge in [-0.1, -0.05) is 18.2 Å². The Balaban J connectivity index is 1.56. The third kappa shape index (κ3) is 5.21. The first kappa shape index (κ1) is 26.1. The number of thiophene rings is 1. The van der Waals surface area contributed by atoms with Crippen molar-refractivity contribution in [1.82, 2.24) is 14.9 Å². The minimum atomic E-state index is -0.631. The van der Waals surface area contributed by atoms with E-state index in [2.05, 4.69) is 41.3 Å². The lowest BCUT2D eigenvalue weighted by Gasteiger charge is -2.30. The molecule has 0 aliphatic carbocycles. The Kier molecular flexibility index (Phi) is 7.32. The smallest absolute Gasteiger partial charge is 0.259 e. The maximum atomic E-state index is 14.8. The van der Waals surface area contributed by atoms with Crippen molar-refractivity contribution < 1.29 is 13.9 Å². The van der Waals surface area contributed by atoms with Gasteiger partial charge in [0.15, 0.2) is 0 Å². The number of nitrogens with zero attached hydrogens (tertiary/aromatic N) is 3. The monoisotopic (exact) mass is 533 g/mol. The van der Waals surface area contributed by atoms with Gasteiger partial charge in [-0.05, 0) is 89.0 Å². The molecule has 1 saturated heterocycles. The standard InChI is InChI=1S/C29H32FN5O2S/c1-16(2)37-23-14-20(18-9-11-35(4)12-10-18)17(3)13-22(23)33-29-32-15-24-26(34-29)25(27(38-24)28(31)36)19-7-5-6-8-21(19)30/h5-8,13-16,18H,9-12H2,1-4H3,(H2,31,36)(H,32,33,34). The molecule has 5 rings (SSSR count). The van der Waals surface area contributed by atoms with Gasteiger partial charge in [-0.15, -0.1) is 11.3 Å². The summed E-state index contributed by atoms with van der Waals surface area (Å²) in [5.74, 6) is 0.470. The summed E-state index contributed by atoms with van der Waals surface area (Å²) in [6.07, 6.45) is 3.85. The first-order valence-corrected chi connectivity index (χ1v) is 13.6. The molecular weight excluding hydrogens is 501 g/mol. The number of benzene rings is 2. The molecule has 38 heavy (non-hydrogen) atoms. The highest BCUT2D eigenvalue weighted by molar-refractivity contribution is 7.21. The quantitative estimate of drug-likeness (QED) is 0.292. The van der Waals surface area contributed by atoms with E-state index in [-0.39, 0.29) is 16.5 Å². The molecule has 0 radical (unpaired) electrons. The lowest BCUT2D eigenvalue weighted by atomic mass is 9.86. The number of ether oxygens (including phenoxy) is 1. The topological polar surface area (TPSA) is 93.4 Å². The Morgan fingerprint density at radius 3 is 2.66 bits per heavy atom. The number of halogens is 1. The van der Waals surface area contributed by atoms with E-state index in [0.29, 0.717) is 27.6 Å². The lowest BCUT2D eigenvalue weighted by Crippen LogP contribution is -2.29. The summed E-state index contributed by atoms with van der Waals surface area (Å²) in [6, 6.07) is 10.5. The number of hydrogen-bond donors (Lipinski definition) is 2. The van der Waals surface area contributed by atoms with Gasteiger partial charge >= 0.3 is 0 Å². The molecule has 0 spiro atoms. The molecule has 2 aromatic carbocycles. The van der Waals surface area contributed by atoms with Crippen molar-refractivity contribution in [3.05, 3.63) is 64.4 Å². The Bertz CT molecular complexity index is 1490. The second kappa shape index (κ2) is 10.7. The van der Waals surface area contributed by atoms with Gasteiger partial charge in [0, 0.05) is 11.1 Å². The first-order chi connectivity index (χ1) is 18.2. The fourth-order valence-corrected chi connectivity index (χ4v) is 6.05. The maximum Gasteiger partial charge on any atom is 0.259 e. The van der Waals surface area contributed by atoms with Crippen molar-refractivity contribution in [2.45, 2.75) is 45.6 Å². The van der Waals surface area contributed by atoms with Crippen LogP contribution in [0.15, 0.2) is 42.6 Å². The van der Waals surface area contributed by atoms with Gasteiger partial charge in [0.2, 0.25) is 5.95 Å². The molecule has 0 unspecified atom stereocenters. The number of piperidine rings is 1. The zero-order chi connectivity index (χ0) is 27.0. The number of carbonyl (C=O) groups is 1. The van der Waals surface area contributed by atoms with E-state index in [9.17, 15) is 9.18 Å². The zero-order valence-corrected chi connectivity index (χ0v) is 22.9. The molecule has 9 heteroatoms. The van der Waals surface area contributed by atoms with Gasteiger partial charge in [-0.25, -0.2) is 14.4 Å². The molecule has 1 aliphatic rings. The largest absolute Gasteiger partial charge is 0.489 e. The summed E-state index contributed by atoms with van der Waals surface area (Å²) in [6.45, 7) is 8.28. The highest BCUT2D eigenvalue weighted by atomic mass is 32.1. The van der Waals surface area contributed by atoms with E-state index < -0.39 is 11.7 Å². The minimum absolute atomic E-state index is 0.0188. The molecule has 3 N–H and O–H groups in total. The average molecular weight is 534 g/mol. The SMILES string of the molecule is Cc1cc(Nc2ncc3sc(C(N)=O)c(-c4ccccc4F)c3n2)c(OC(C)C)cc1C1CCN(C)CC1. The van der Waals surface area contributed by atoms with Crippen LogP contribution in [-0.4, -0.2) is 47.0 Å².